The Morgan fingerprint density at radius 2 is 2.17 bits per heavy atom. The van der Waals surface area contributed by atoms with Crippen molar-refractivity contribution in [3.05, 3.63) is 29.8 Å². The largest absolute Gasteiger partial charge is 0.482 e. The van der Waals surface area contributed by atoms with Gasteiger partial charge in [0.1, 0.15) is 5.75 Å². The molecular formula is C13H19NO4. The first kappa shape index (κ1) is 14.5. The van der Waals surface area contributed by atoms with E-state index in [0.29, 0.717) is 12.3 Å². The highest BCUT2D eigenvalue weighted by Crippen LogP contribution is 2.17. The highest BCUT2D eigenvalue weighted by molar-refractivity contribution is 5.68. The van der Waals surface area contributed by atoms with Gasteiger partial charge in [0.2, 0.25) is 0 Å². The van der Waals surface area contributed by atoms with Crippen LogP contribution in [-0.4, -0.2) is 35.4 Å². The minimum absolute atomic E-state index is 0.0394. The topological polar surface area (TPSA) is 78.8 Å². The van der Waals surface area contributed by atoms with Gasteiger partial charge in [-0.25, -0.2) is 4.79 Å². The number of carboxylic acids is 1. The Hall–Kier alpha value is -1.59. The second-order valence-electron chi connectivity index (χ2n) is 3.96. The van der Waals surface area contributed by atoms with Gasteiger partial charge in [-0.15, -0.1) is 0 Å². The Morgan fingerprint density at radius 1 is 1.44 bits per heavy atom. The van der Waals surface area contributed by atoms with Crippen LogP contribution in [0.4, 0.5) is 0 Å². The number of ether oxygens (including phenoxy) is 1. The van der Waals surface area contributed by atoms with Crippen molar-refractivity contribution in [3.8, 4) is 5.75 Å². The molecule has 0 radical (unpaired) electrons. The van der Waals surface area contributed by atoms with E-state index >= 15 is 0 Å². The molecule has 1 aromatic rings. The quantitative estimate of drug-likeness (QED) is 0.644. The van der Waals surface area contributed by atoms with E-state index in [2.05, 4.69) is 5.32 Å². The minimum atomic E-state index is -1.00. The standard InChI is InChI=1S/C13H19NO4/c1-2-11(8-15)14-7-10-5-3-4-6-12(10)18-9-13(16)17/h3-6,11,14-15H,2,7-9H2,1H3,(H,16,17)/t11-/m0/s1. The summed E-state index contributed by atoms with van der Waals surface area (Å²) < 4.78 is 5.20. The Morgan fingerprint density at radius 3 is 2.78 bits per heavy atom. The molecule has 0 amide bonds. The molecule has 0 aliphatic heterocycles. The van der Waals surface area contributed by atoms with Gasteiger partial charge in [0.15, 0.2) is 6.61 Å². The lowest BCUT2D eigenvalue weighted by atomic mass is 10.1. The second kappa shape index (κ2) is 7.68. The molecule has 3 N–H and O–H groups in total. The van der Waals surface area contributed by atoms with Crippen molar-refractivity contribution in [2.24, 2.45) is 0 Å². The molecule has 0 unspecified atom stereocenters. The van der Waals surface area contributed by atoms with E-state index < -0.39 is 5.97 Å². The van der Waals surface area contributed by atoms with E-state index in [-0.39, 0.29) is 19.3 Å². The monoisotopic (exact) mass is 253 g/mol. The van der Waals surface area contributed by atoms with E-state index in [0.717, 1.165) is 12.0 Å². The maximum atomic E-state index is 10.5. The highest BCUT2D eigenvalue weighted by Gasteiger charge is 2.08. The van der Waals surface area contributed by atoms with Crippen LogP contribution in [0.25, 0.3) is 0 Å². The third-order valence-corrected chi connectivity index (χ3v) is 2.62. The summed E-state index contributed by atoms with van der Waals surface area (Å²) in [5.74, 6) is -0.445. The van der Waals surface area contributed by atoms with Crippen LogP contribution in [0.3, 0.4) is 0 Å². The number of hydrogen-bond donors (Lipinski definition) is 3. The number of para-hydroxylation sites is 1. The first-order valence-electron chi connectivity index (χ1n) is 5.94. The number of carbonyl (C=O) groups is 1. The fourth-order valence-electron chi connectivity index (χ4n) is 1.52. The summed E-state index contributed by atoms with van der Waals surface area (Å²) in [6.07, 6.45) is 0.828. The number of nitrogens with one attached hydrogen (secondary N) is 1. The summed E-state index contributed by atoms with van der Waals surface area (Å²) in [6, 6.07) is 7.31. The molecule has 18 heavy (non-hydrogen) atoms. The van der Waals surface area contributed by atoms with Gasteiger partial charge in [-0.1, -0.05) is 25.1 Å². The molecular weight excluding hydrogens is 234 g/mol. The summed E-state index contributed by atoms with van der Waals surface area (Å²) in [7, 11) is 0. The van der Waals surface area contributed by atoms with Crippen LogP contribution >= 0.6 is 0 Å². The van der Waals surface area contributed by atoms with Gasteiger partial charge < -0.3 is 20.3 Å². The van der Waals surface area contributed by atoms with Gasteiger partial charge in [0.05, 0.1) is 6.61 Å². The molecule has 5 heteroatoms. The van der Waals surface area contributed by atoms with Crippen LogP contribution in [0.15, 0.2) is 24.3 Å². The maximum Gasteiger partial charge on any atom is 0.341 e. The van der Waals surface area contributed by atoms with Crippen molar-refractivity contribution in [2.75, 3.05) is 13.2 Å². The van der Waals surface area contributed by atoms with E-state index in [1.54, 1.807) is 12.1 Å². The van der Waals surface area contributed by atoms with Crippen LogP contribution in [0, 0.1) is 0 Å². The molecule has 0 spiro atoms. The van der Waals surface area contributed by atoms with E-state index in [1.165, 1.54) is 0 Å². The van der Waals surface area contributed by atoms with Crippen LogP contribution in [-0.2, 0) is 11.3 Å². The average Bonchev–Trinajstić information content (AvgIpc) is 2.38. The van der Waals surface area contributed by atoms with Gasteiger partial charge in [-0.3, -0.25) is 0 Å². The fraction of sp³-hybridized carbons (Fsp3) is 0.462. The smallest absolute Gasteiger partial charge is 0.341 e. The summed E-state index contributed by atoms with van der Waals surface area (Å²) in [6.45, 7) is 2.25. The van der Waals surface area contributed by atoms with Crippen LogP contribution in [0.5, 0.6) is 5.75 Å². The average molecular weight is 253 g/mol. The number of carboxylic acid groups (broad SMARTS) is 1. The number of benzene rings is 1. The number of hydrogen-bond acceptors (Lipinski definition) is 4. The molecule has 0 aromatic heterocycles. The van der Waals surface area contributed by atoms with Crippen molar-refractivity contribution in [1.29, 1.82) is 0 Å². The van der Waals surface area contributed by atoms with Gasteiger partial charge in [0, 0.05) is 18.2 Å². The lowest BCUT2D eigenvalue weighted by Crippen LogP contribution is -2.31. The summed E-state index contributed by atoms with van der Waals surface area (Å²) in [4.78, 5) is 10.5. The SMILES string of the molecule is CC[C@@H](CO)NCc1ccccc1OCC(=O)O. The molecule has 1 aromatic carbocycles. The van der Waals surface area contributed by atoms with E-state index in [9.17, 15) is 4.79 Å². The van der Waals surface area contributed by atoms with Crippen molar-refractivity contribution in [1.82, 2.24) is 5.32 Å². The van der Waals surface area contributed by atoms with Crippen LogP contribution in [0.2, 0.25) is 0 Å². The van der Waals surface area contributed by atoms with Gasteiger partial charge in [0.25, 0.3) is 0 Å². The third kappa shape index (κ3) is 4.73. The fourth-order valence-corrected chi connectivity index (χ4v) is 1.52. The van der Waals surface area contributed by atoms with Crippen LogP contribution in [0.1, 0.15) is 18.9 Å². The molecule has 0 bridgehead atoms. The number of aliphatic hydroxyl groups is 1. The maximum absolute atomic E-state index is 10.5. The predicted octanol–water partition coefficient (Wildman–Crippen LogP) is 1.01. The van der Waals surface area contributed by atoms with Gasteiger partial charge in [-0.2, -0.15) is 0 Å². The first-order valence-corrected chi connectivity index (χ1v) is 5.94. The highest BCUT2D eigenvalue weighted by atomic mass is 16.5. The number of aliphatic carboxylic acids is 1. The first-order chi connectivity index (χ1) is 8.67. The lowest BCUT2D eigenvalue weighted by Gasteiger charge is -2.15. The minimum Gasteiger partial charge on any atom is -0.482 e. The zero-order valence-electron chi connectivity index (χ0n) is 10.4. The lowest BCUT2D eigenvalue weighted by molar-refractivity contribution is -0.139. The molecule has 5 nitrogen and oxygen atoms in total. The summed E-state index contributed by atoms with van der Waals surface area (Å²) in [5, 5.41) is 20.9. The predicted molar refractivity (Wildman–Crippen MR) is 67.6 cm³/mol. The van der Waals surface area contributed by atoms with Gasteiger partial charge >= 0.3 is 5.97 Å². The van der Waals surface area contributed by atoms with E-state index in [1.807, 2.05) is 19.1 Å². The van der Waals surface area contributed by atoms with Crippen molar-refractivity contribution in [3.63, 3.8) is 0 Å². The number of aliphatic hydroxyl groups excluding tert-OH is 1. The van der Waals surface area contributed by atoms with Gasteiger partial charge in [-0.05, 0) is 12.5 Å². The molecule has 0 aliphatic carbocycles. The van der Waals surface area contributed by atoms with Crippen molar-refractivity contribution >= 4 is 5.97 Å². The number of rotatable bonds is 8. The molecule has 0 fully saturated rings. The molecule has 100 valence electrons. The van der Waals surface area contributed by atoms with Crippen molar-refractivity contribution < 1.29 is 19.7 Å². The molecule has 0 saturated carbocycles. The zero-order valence-corrected chi connectivity index (χ0v) is 10.4. The normalized spacial score (nSPS) is 12.1. The second-order valence-corrected chi connectivity index (χ2v) is 3.96. The zero-order chi connectivity index (χ0) is 13.4. The molecule has 1 atom stereocenters. The summed E-state index contributed by atoms with van der Waals surface area (Å²) in [5.41, 5.74) is 0.880. The summed E-state index contributed by atoms with van der Waals surface area (Å²) >= 11 is 0. The third-order valence-electron chi connectivity index (χ3n) is 2.62. The molecule has 0 aliphatic rings. The molecule has 0 saturated heterocycles. The molecule has 0 heterocycles. The Balaban J connectivity index is 2.61. The van der Waals surface area contributed by atoms with Crippen LogP contribution < -0.4 is 10.1 Å². The van der Waals surface area contributed by atoms with Crippen molar-refractivity contribution in [2.45, 2.75) is 25.9 Å². The Kier molecular flexibility index (Phi) is 6.18. The molecule has 1 rings (SSSR count). The van der Waals surface area contributed by atoms with E-state index in [4.69, 9.17) is 14.9 Å². The Bertz CT molecular complexity index is 377. The Labute approximate surface area is 106 Å².